The molecule has 1 aromatic rings. The van der Waals surface area contributed by atoms with Gasteiger partial charge in [0.1, 0.15) is 10.7 Å². The zero-order chi connectivity index (χ0) is 15.6. The molecule has 4 heteroatoms. The highest BCUT2D eigenvalue weighted by atomic mass is 32.2. The Bertz CT molecular complexity index is 528. The fraction of sp³-hybridized carbons (Fsp3) is 0.588. The molecule has 0 spiro atoms. The van der Waals surface area contributed by atoms with Gasteiger partial charge >= 0.3 is 0 Å². The van der Waals surface area contributed by atoms with Gasteiger partial charge in [-0.2, -0.15) is 0 Å². The molecule has 2 nitrogen and oxygen atoms in total. The monoisotopic (exact) mass is 323 g/mol. The number of benzene rings is 1. The first-order valence-electron chi connectivity index (χ1n) is 7.46. The van der Waals surface area contributed by atoms with Crippen LogP contribution in [0.5, 0.6) is 5.75 Å². The molecule has 1 aliphatic rings. The van der Waals surface area contributed by atoms with E-state index >= 15 is 0 Å². The number of rotatable bonds is 4. The van der Waals surface area contributed by atoms with Crippen LogP contribution < -0.4 is 10.5 Å². The van der Waals surface area contributed by atoms with Crippen LogP contribution in [0.1, 0.15) is 45.6 Å². The predicted octanol–water partition coefficient (Wildman–Crippen LogP) is 4.64. The molecule has 2 N–H and O–H groups in total. The third-order valence-corrected chi connectivity index (χ3v) is 5.08. The van der Waals surface area contributed by atoms with Crippen LogP contribution in [0.25, 0.3) is 0 Å². The van der Waals surface area contributed by atoms with Crippen LogP contribution in [0.3, 0.4) is 0 Å². The first kappa shape index (κ1) is 16.6. The Kier molecular flexibility index (Phi) is 5.20. The summed E-state index contributed by atoms with van der Waals surface area (Å²) in [7, 11) is 0. The molecule has 2 unspecified atom stereocenters. The third kappa shape index (κ3) is 4.13. The Hall–Kier alpha value is -0.740. The Morgan fingerprint density at radius 2 is 2.10 bits per heavy atom. The van der Waals surface area contributed by atoms with Crippen molar-refractivity contribution in [1.29, 1.82) is 0 Å². The predicted molar refractivity (Wildman–Crippen MR) is 95.3 cm³/mol. The van der Waals surface area contributed by atoms with Crippen molar-refractivity contribution in [3.8, 4) is 5.75 Å². The summed E-state index contributed by atoms with van der Waals surface area (Å²) >= 11 is 6.88. The van der Waals surface area contributed by atoms with Crippen molar-refractivity contribution >= 4 is 29.0 Å². The molecule has 0 bridgehead atoms. The molecule has 0 radical (unpaired) electrons. The maximum atomic E-state index is 6.32. The maximum absolute atomic E-state index is 6.32. The minimum atomic E-state index is 0.244. The van der Waals surface area contributed by atoms with Gasteiger partial charge in [-0.25, -0.2) is 0 Å². The number of hydrogen-bond acceptors (Lipinski definition) is 3. The molecule has 0 saturated heterocycles. The van der Waals surface area contributed by atoms with E-state index in [4.69, 9.17) is 22.7 Å². The number of ether oxygens (including phenoxy) is 1. The normalized spacial score (nSPS) is 24.6. The molecule has 2 rings (SSSR count). The molecule has 2 atom stereocenters. The van der Waals surface area contributed by atoms with Crippen molar-refractivity contribution in [1.82, 2.24) is 0 Å². The SMILES string of the molecule is CSc1cccc(OC2CC(C)CC(C)(C)C2)c1C(N)=S. The van der Waals surface area contributed by atoms with E-state index in [1.807, 2.05) is 24.5 Å². The molecule has 0 aliphatic heterocycles. The van der Waals surface area contributed by atoms with Crippen LogP contribution in [0.2, 0.25) is 0 Å². The van der Waals surface area contributed by atoms with Gasteiger partial charge in [-0.1, -0.05) is 39.1 Å². The largest absolute Gasteiger partial charge is 0.490 e. The summed E-state index contributed by atoms with van der Waals surface area (Å²) in [5.74, 6) is 1.53. The minimum Gasteiger partial charge on any atom is -0.490 e. The molecule has 1 fully saturated rings. The van der Waals surface area contributed by atoms with Gasteiger partial charge in [-0.15, -0.1) is 11.8 Å². The summed E-state index contributed by atoms with van der Waals surface area (Å²) < 4.78 is 6.32. The van der Waals surface area contributed by atoms with Crippen LogP contribution in [-0.2, 0) is 0 Å². The lowest BCUT2D eigenvalue weighted by Crippen LogP contribution is -2.34. The average Bonchev–Trinajstić information content (AvgIpc) is 2.35. The minimum absolute atomic E-state index is 0.244. The smallest absolute Gasteiger partial charge is 0.131 e. The van der Waals surface area contributed by atoms with E-state index in [1.165, 1.54) is 6.42 Å². The molecule has 1 aliphatic carbocycles. The van der Waals surface area contributed by atoms with E-state index in [2.05, 4.69) is 20.8 Å². The van der Waals surface area contributed by atoms with Crippen molar-refractivity contribution in [2.75, 3.05) is 6.26 Å². The van der Waals surface area contributed by atoms with Gasteiger partial charge < -0.3 is 10.5 Å². The van der Waals surface area contributed by atoms with Crippen molar-refractivity contribution in [3.63, 3.8) is 0 Å². The van der Waals surface area contributed by atoms with Gasteiger partial charge in [0.15, 0.2) is 0 Å². The molecule has 0 aromatic heterocycles. The van der Waals surface area contributed by atoms with Gasteiger partial charge in [0, 0.05) is 4.90 Å². The number of nitrogens with two attached hydrogens (primary N) is 1. The molecule has 0 amide bonds. The van der Waals surface area contributed by atoms with E-state index < -0.39 is 0 Å². The van der Waals surface area contributed by atoms with Crippen LogP contribution in [0.15, 0.2) is 23.1 Å². The topological polar surface area (TPSA) is 35.2 Å². The van der Waals surface area contributed by atoms with Crippen LogP contribution in [0, 0.1) is 11.3 Å². The van der Waals surface area contributed by atoms with Gasteiger partial charge in [-0.3, -0.25) is 0 Å². The standard InChI is InChI=1S/C17H25NOS2/c1-11-8-12(10-17(2,3)9-11)19-13-6-5-7-14(21-4)15(13)16(18)20/h5-7,11-12H,8-10H2,1-4H3,(H2,18,20). The van der Waals surface area contributed by atoms with E-state index in [0.717, 1.165) is 29.1 Å². The second-order valence-electron chi connectivity index (χ2n) is 6.85. The van der Waals surface area contributed by atoms with E-state index in [-0.39, 0.29) is 6.10 Å². The third-order valence-electron chi connectivity index (χ3n) is 4.09. The van der Waals surface area contributed by atoms with Gasteiger partial charge in [0.05, 0.1) is 11.7 Å². The van der Waals surface area contributed by atoms with Crippen molar-refractivity contribution in [2.24, 2.45) is 17.1 Å². The lowest BCUT2D eigenvalue weighted by Gasteiger charge is -2.39. The number of thiocarbonyl (C=S) groups is 1. The number of hydrogen-bond donors (Lipinski definition) is 1. The first-order valence-corrected chi connectivity index (χ1v) is 9.09. The highest BCUT2D eigenvalue weighted by molar-refractivity contribution is 7.98. The lowest BCUT2D eigenvalue weighted by atomic mass is 9.71. The molecular formula is C17H25NOS2. The maximum Gasteiger partial charge on any atom is 0.131 e. The van der Waals surface area contributed by atoms with Crippen molar-refractivity contribution in [3.05, 3.63) is 23.8 Å². The second-order valence-corrected chi connectivity index (χ2v) is 8.14. The summed E-state index contributed by atoms with van der Waals surface area (Å²) in [6.07, 6.45) is 5.72. The summed E-state index contributed by atoms with van der Waals surface area (Å²) in [6.45, 7) is 6.96. The average molecular weight is 324 g/mol. The van der Waals surface area contributed by atoms with E-state index in [9.17, 15) is 0 Å². The van der Waals surface area contributed by atoms with E-state index in [1.54, 1.807) is 11.8 Å². The van der Waals surface area contributed by atoms with Crippen molar-refractivity contribution < 1.29 is 4.74 Å². The zero-order valence-corrected chi connectivity index (χ0v) is 14.9. The molecule has 0 heterocycles. The Morgan fingerprint density at radius 3 is 2.67 bits per heavy atom. The van der Waals surface area contributed by atoms with E-state index in [0.29, 0.717) is 16.3 Å². The fourth-order valence-corrected chi connectivity index (χ4v) is 4.45. The fourth-order valence-electron chi connectivity index (χ4n) is 3.55. The quantitative estimate of drug-likeness (QED) is 0.647. The molecule has 116 valence electrons. The second kappa shape index (κ2) is 6.57. The summed E-state index contributed by atoms with van der Waals surface area (Å²) in [6, 6.07) is 6.04. The van der Waals surface area contributed by atoms with Crippen LogP contribution in [-0.4, -0.2) is 17.3 Å². The highest BCUT2D eigenvalue weighted by Crippen LogP contribution is 2.41. The molecular weight excluding hydrogens is 298 g/mol. The molecule has 21 heavy (non-hydrogen) atoms. The zero-order valence-electron chi connectivity index (χ0n) is 13.3. The van der Waals surface area contributed by atoms with Gasteiger partial charge in [-0.05, 0) is 49.0 Å². The van der Waals surface area contributed by atoms with Crippen LogP contribution >= 0.6 is 24.0 Å². The lowest BCUT2D eigenvalue weighted by molar-refractivity contribution is 0.0560. The van der Waals surface area contributed by atoms with Gasteiger partial charge in [0.2, 0.25) is 0 Å². The summed E-state index contributed by atoms with van der Waals surface area (Å²) in [5.41, 5.74) is 7.14. The Labute approximate surface area is 137 Å². The van der Waals surface area contributed by atoms with Crippen LogP contribution in [0.4, 0.5) is 0 Å². The summed E-state index contributed by atoms with van der Waals surface area (Å²) in [4.78, 5) is 1.50. The van der Waals surface area contributed by atoms with Crippen molar-refractivity contribution in [2.45, 2.75) is 51.0 Å². The Balaban J connectivity index is 2.25. The highest BCUT2D eigenvalue weighted by Gasteiger charge is 2.33. The molecule has 1 saturated carbocycles. The Morgan fingerprint density at radius 1 is 1.38 bits per heavy atom. The number of thioether (sulfide) groups is 1. The first-order chi connectivity index (χ1) is 9.82. The summed E-state index contributed by atoms with van der Waals surface area (Å²) in [5, 5.41) is 0. The molecule has 1 aromatic carbocycles. The van der Waals surface area contributed by atoms with Gasteiger partial charge in [0.25, 0.3) is 0 Å².